The number of rotatable bonds is 6. The summed E-state index contributed by atoms with van der Waals surface area (Å²) < 4.78 is 0. The van der Waals surface area contributed by atoms with Gasteiger partial charge in [0, 0.05) is 6.42 Å². The van der Waals surface area contributed by atoms with Gasteiger partial charge in [0.2, 0.25) is 5.91 Å². The smallest absolute Gasteiger partial charge is 0.326 e. The van der Waals surface area contributed by atoms with E-state index in [4.69, 9.17) is 10.2 Å². The first-order chi connectivity index (χ1) is 8.49. The van der Waals surface area contributed by atoms with Crippen LogP contribution in [0, 0.1) is 0 Å². The van der Waals surface area contributed by atoms with E-state index < -0.39 is 30.3 Å². The third-order valence-electron chi connectivity index (χ3n) is 2.78. The maximum absolute atomic E-state index is 11.6. The second kappa shape index (κ2) is 6.78. The minimum absolute atomic E-state index is 0.156. The van der Waals surface area contributed by atoms with Crippen molar-refractivity contribution in [2.75, 3.05) is 0 Å². The van der Waals surface area contributed by atoms with Gasteiger partial charge in [-0.2, -0.15) is 0 Å². The van der Waals surface area contributed by atoms with E-state index in [0.717, 1.165) is 31.3 Å². The number of carbonyl (C=O) groups is 3. The van der Waals surface area contributed by atoms with Crippen LogP contribution in [-0.4, -0.2) is 34.1 Å². The molecule has 0 unspecified atom stereocenters. The molecule has 0 saturated carbocycles. The Labute approximate surface area is 105 Å². The quantitative estimate of drug-likeness (QED) is 0.612. The van der Waals surface area contributed by atoms with Crippen LogP contribution in [0.1, 0.15) is 38.5 Å². The van der Waals surface area contributed by atoms with Crippen LogP contribution >= 0.6 is 0 Å². The second-order valence-corrected chi connectivity index (χ2v) is 4.34. The van der Waals surface area contributed by atoms with E-state index in [0.29, 0.717) is 0 Å². The predicted octanol–water partition coefficient (Wildman–Crippen LogP) is 0.921. The second-order valence-electron chi connectivity index (χ2n) is 4.34. The van der Waals surface area contributed by atoms with Crippen LogP contribution < -0.4 is 5.32 Å². The summed E-state index contributed by atoms with van der Waals surface area (Å²) in [7, 11) is 0. The van der Waals surface area contributed by atoms with Gasteiger partial charge >= 0.3 is 11.9 Å². The molecule has 0 fully saturated rings. The van der Waals surface area contributed by atoms with Gasteiger partial charge in [0.1, 0.15) is 6.04 Å². The normalized spacial score (nSPS) is 16.6. The zero-order valence-electron chi connectivity index (χ0n) is 10.0. The molecule has 0 aliphatic heterocycles. The van der Waals surface area contributed by atoms with Crippen molar-refractivity contribution in [2.24, 2.45) is 0 Å². The highest BCUT2D eigenvalue weighted by atomic mass is 16.4. The van der Waals surface area contributed by atoms with E-state index in [9.17, 15) is 14.4 Å². The molecule has 1 aliphatic carbocycles. The molecule has 1 amide bonds. The number of carboxylic acid groups (broad SMARTS) is 2. The van der Waals surface area contributed by atoms with E-state index in [1.54, 1.807) is 0 Å². The highest BCUT2D eigenvalue weighted by Gasteiger charge is 2.23. The zero-order chi connectivity index (χ0) is 13.5. The van der Waals surface area contributed by atoms with E-state index in [2.05, 4.69) is 5.32 Å². The average Bonchev–Trinajstić information content (AvgIpc) is 2.28. The summed E-state index contributed by atoms with van der Waals surface area (Å²) in [5.41, 5.74) is 0.998. The first-order valence-corrected chi connectivity index (χ1v) is 5.91. The molecule has 0 aromatic carbocycles. The highest BCUT2D eigenvalue weighted by Crippen LogP contribution is 2.19. The Bertz CT molecular complexity index is 375. The van der Waals surface area contributed by atoms with Gasteiger partial charge in [0.05, 0.1) is 6.42 Å². The van der Waals surface area contributed by atoms with Crippen LogP contribution in [0.5, 0.6) is 0 Å². The molecular formula is C12H17NO5. The van der Waals surface area contributed by atoms with Gasteiger partial charge in [0.25, 0.3) is 0 Å². The Hall–Kier alpha value is -1.85. The number of carbonyl (C=O) groups excluding carboxylic acids is 1. The summed E-state index contributed by atoms with van der Waals surface area (Å²) in [6.07, 6.45) is 5.49. The molecule has 18 heavy (non-hydrogen) atoms. The molecule has 6 heteroatoms. The van der Waals surface area contributed by atoms with Crippen molar-refractivity contribution >= 4 is 17.8 Å². The lowest BCUT2D eigenvalue weighted by molar-refractivity contribution is -0.147. The SMILES string of the molecule is O=C(O)C[C@H](NC(=O)CC1=CCCCC1)C(=O)O. The first-order valence-electron chi connectivity index (χ1n) is 5.91. The monoisotopic (exact) mass is 255 g/mol. The Morgan fingerprint density at radius 3 is 2.50 bits per heavy atom. The molecule has 1 aliphatic rings. The first kappa shape index (κ1) is 14.2. The van der Waals surface area contributed by atoms with Gasteiger partial charge in [0.15, 0.2) is 0 Å². The van der Waals surface area contributed by atoms with E-state index in [-0.39, 0.29) is 6.42 Å². The summed E-state index contributed by atoms with van der Waals surface area (Å²) in [6.45, 7) is 0. The molecule has 0 aromatic heterocycles. The van der Waals surface area contributed by atoms with Crippen molar-refractivity contribution in [3.63, 3.8) is 0 Å². The third-order valence-corrected chi connectivity index (χ3v) is 2.78. The lowest BCUT2D eigenvalue weighted by Crippen LogP contribution is -2.42. The molecule has 0 radical (unpaired) electrons. The molecule has 6 nitrogen and oxygen atoms in total. The van der Waals surface area contributed by atoms with Crippen molar-refractivity contribution in [3.05, 3.63) is 11.6 Å². The number of amides is 1. The van der Waals surface area contributed by atoms with Gasteiger partial charge in [-0.3, -0.25) is 9.59 Å². The minimum atomic E-state index is -1.36. The van der Waals surface area contributed by atoms with Crippen molar-refractivity contribution in [1.29, 1.82) is 0 Å². The largest absolute Gasteiger partial charge is 0.481 e. The summed E-state index contributed by atoms with van der Waals surface area (Å²) in [5, 5.41) is 19.6. The standard InChI is InChI=1S/C12H17NO5/c14-10(6-8-4-2-1-3-5-8)13-9(12(17)18)7-11(15)16/h4,9H,1-3,5-7H2,(H,13,14)(H,15,16)(H,17,18)/t9-/m0/s1. The van der Waals surface area contributed by atoms with E-state index in [1.165, 1.54) is 0 Å². The molecule has 0 bridgehead atoms. The predicted molar refractivity (Wildman–Crippen MR) is 63.0 cm³/mol. The van der Waals surface area contributed by atoms with Gasteiger partial charge in [-0.1, -0.05) is 11.6 Å². The highest BCUT2D eigenvalue weighted by molar-refractivity contribution is 5.87. The van der Waals surface area contributed by atoms with Gasteiger partial charge in [-0.05, 0) is 25.7 Å². The molecule has 0 aromatic rings. The number of hydrogen-bond acceptors (Lipinski definition) is 3. The number of carboxylic acids is 2. The lowest BCUT2D eigenvalue weighted by Gasteiger charge is -2.15. The van der Waals surface area contributed by atoms with E-state index >= 15 is 0 Å². The molecule has 1 atom stereocenters. The van der Waals surface area contributed by atoms with Gasteiger partial charge in [-0.15, -0.1) is 0 Å². The Balaban J connectivity index is 2.47. The minimum Gasteiger partial charge on any atom is -0.481 e. The molecule has 3 N–H and O–H groups in total. The summed E-state index contributed by atoms with van der Waals surface area (Å²) in [5.74, 6) is -3.01. The number of nitrogens with one attached hydrogen (secondary N) is 1. The summed E-state index contributed by atoms with van der Waals surface area (Å²) in [4.78, 5) is 32.8. The fourth-order valence-electron chi connectivity index (χ4n) is 1.89. The van der Waals surface area contributed by atoms with Crippen LogP contribution in [0.25, 0.3) is 0 Å². The number of aliphatic carboxylic acids is 2. The number of hydrogen-bond donors (Lipinski definition) is 3. The maximum atomic E-state index is 11.6. The Morgan fingerprint density at radius 2 is 2.00 bits per heavy atom. The topological polar surface area (TPSA) is 104 Å². The van der Waals surface area contributed by atoms with Gasteiger partial charge < -0.3 is 15.5 Å². The summed E-state index contributed by atoms with van der Waals surface area (Å²) in [6, 6.07) is -1.36. The molecule has 100 valence electrons. The van der Waals surface area contributed by atoms with Crippen LogP contribution in [0.2, 0.25) is 0 Å². The molecule has 0 heterocycles. The van der Waals surface area contributed by atoms with Crippen molar-refractivity contribution in [2.45, 2.75) is 44.6 Å². The van der Waals surface area contributed by atoms with Crippen LogP contribution in [0.15, 0.2) is 11.6 Å². The van der Waals surface area contributed by atoms with Gasteiger partial charge in [-0.25, -0.2) is 4.79 Å². The molecule has 0 spiro atoms. The number of allylic oxidation sites excluding steroid dienone is 1. The molecule has 0 saturated heterocycles. The Kier molecular flexibility index (Phi) is 5.35. The maximum Gasteiger partial charge on any atom is 0.326 e. The summed E-state index contributed by atoms with van der Waals surface area (Å²) >= 11 is 0. The van der Waals surface area contributed by atoms with Crippen LogP contribution in [0.4, 0.5) is 0 Å². The third kappa shape index (κ3) is 4.99. The zero-order valence-corrected chi connectivity index (χ0v) is 10.0. The van der Waals surface area contributed by atoms with Crippen molar-refractivity contribution in [1.82, 2.24) is 5.32 Å². The fraction of sp³-hybridized carbons (Fsp3) is 0.583. The molecular weight excluding hydrogens is 238 g/mol. The van der Waals surface area contributed by atoms with Crippen LogP contribution in [0.3, 0.4) is 0 Å². The lowest BCUT2D eigenvalue weighted by atomic mass is 9.97. The average molecular weight is 255 g/mol. The molecule has 1 rings (SSSR count). The van der Waals surface area contributed by atoms with Crippen molar-refractivity contribution in [3.8, 4) is 0 Å². The fourth-order valence-corrected chi connectivity index (χ4v) is 1.89. The van der Waals surface area contributed by atoms with Crippen LogP contribution in [-0.2, 0) is 14.4 Å². The van der Waals surface area contributed by atoms with E-state index in [1.807, 2.05) is 6.08 Å². The Morgan fingerprint density at radius 1 is 1.28 bits per heavy atom. The van der Waals surface area contributed by atoms with Crippen molar-refractivity contribution < 1.29 is 24.6 Å².